The Hall–Kier alpha value is -4.57. The first-order valence-electron chi connectivity index (χ1n) is 10.9. The Morgan fingerprint density at radius 3 is 2.35 bits per heavy atom. The number of aromatic amines is 1. The maximum atomic E-state index is 12.6. The molecule has 7 nitrogen and oxygen atoms in total. The fourth-order valence-electron chi connectivity index (χ4n) is 4.71. The van der Waals surface area contributed by atoms with E-state index in [2.05, 4.69) is 16.4 Å². The molecule has 3 aromatic carbocycles. The molecule has 0 radical (unpaired) electrons. The lowest BCUT2D eigenvalue weighted by Crippen LogP contribution is -2.42. The highest BCUT2D eigenvalue weighted by atomic mass is 16.5. The molecule has 0 aliphatic heterocycles. The van der Waals surface area contributed by atoms with Crippen LogP contribution in [-0.4, -0.2) is 34.8 Å². The molecule has 7 heteroatoms. The van der Waals surface area contributed by atoms with Crippen LogP contribution in [0.25, 0.3) is 22.0 Å². The second-order valence-corrected chi connectivity index (χ2v) is 8.22. The van der Waals surface area contributed by atoms with E-state index in [1.54, 1.807) is 18.3 Å². The molecular weight excluding hydrogens is 430 g/mol. The molecule has 0 saturated heterocycles. The van der Waals surface area contributed by atoms with Gasteiger partial charge in [0, 0.05) is 29.4 Å². The number of rotatable bonds is 6. The molecule has 34 heavy (non-hydrogen) atoms. The van der Waals surface area contributed by atoms with Gasteiger partial charge in [-0.1, -0.05) is 54.6 Å². The van der Waals surface area contributed by atoms with Crippen LogP contribution in [0.4, 0.5) is 4.79 Å². The van der Waals surface area contributed by atoms with E-state index in [9.17, 15) is 20.0 Å². The molecule has 1 aliphatic carbocycles. The summed E-state index contributed by atoms with van der Waals surface area (Å²) in [6.07, 6.45) is 0.883. The van der Waals surface area contributed by atoms with Crippen LogP contribution in [-0.2, 0) is 16.0 Å². The molecule has 1 heterocycles. The van der Waals surface area contributed by atoms with Gasteiger partial charge >= 0.3 is 12.1 Å². The summed E-state index contributed by atoms with van der Waals surface area (Å²) in [6, 6.07) is 22.2. The highest BCUT2D eigenvalue weighted by molar-refractivity contribution is 5.90. The van der Waals surface area contributed by atoms with Gasteiger partial charge in [-0.05, 0) is 39.9 Å². The molecule has 3 N–H and O–H groups in total. The van der Waals surface area contributed by atoms with E-state index in [0.717, 1.165) is 27.8 Å². The quantitative estimate of drug-likeness (QED) is 0.397. The number of H-pyrrole nitrogens is 1. The fourth-order valence-corrected chi connectivity index (χ4v) is 4.71. The number of carboxylic acid groups (broad SMARTS) is 1. The number of ether oxygens (including phenoxy) is 1. The zero-order chi connectivity index (χ0) is 23.7. The van der Waals surface area contributed by atoms with Crippen molar-refractivity contribution >= 4 is 23.0 Å². The van der Waals surface area contributed by atoms with E-state index < -0.39 is 18.1 Å². The Balaban J connectivity index is 1.30. The highest BCUT2D eigenvalue weighted by Crippen LogP contribution is 2.44. The average Bonchev–Trinajstić information content (AvgIpc) is 3.41. The average molecular weight is 451 g/mol. The van der Waals surface area contributed by atoms with Crippen LogP contribution >= 0.6 is 0 Å². The number of aromatic nitrogens is 1. The van der Waals surface area contributed by atoms with Gasteiger partial charge in [0.15, 0.2) is 0 Å². The summed E-state index contributed by atoms with van der Waals surface area (Å²) in [5.74, 6) is -1.30. The van der Waals surface area contributed by atoms with Crippen LogP contribution in [0.1, 0.15) is 28.2 Å². The molecule has 0 saturated carbocycles. The Morgan fingerprint density at radius 1 is 1.03 bits per heavy atom. The second kappa shape index (κ2) is 8.75. The summed E-state index contributed by atoms with van der Waals surface area (Å²) < 4.78 is 5.50. The highest BCUT2D eigenvalue weighted by Gasteiger charge is 2.30. The topological polar surface area (TPSA) is 115 Å². The number of nitriles is 1. The van der Waals surface area contributed by atoms with Crippen molar-refractivity contribution in [1.29, 1.82) is 5.26 Å². The molecule has 4 aromatic rings. The first kappa shape index (κ1) is 21.3. The van der Waals surface area contributed by atoms with Gasteiger partial charge in [-0.25, -0.2) is 9.59 Å². The smallest absolute Gasteiger partial charge is 0.407 e. The molecule has 0 bridgehead atoms. The lowest BCUT2D eigenvalue weighted by molar-refractivity contribution is -0.139. The summed E-state index contributed by atoms with van der Waals surface area (Å²) in [5.41, 5.74) is 6.20. The van der Waals surface area contributed by atoms with Gasteiger partial charge in [-0.3, -0.25) is 0 Å². The number of carbonyl (C=O) groups is 2. The molecule has 5 rings (SSSR count). The number of carbonyl (C=O) groups excluding carboxylic acids is 1. The molecule has 1 aromatic heterocycles. The molecule has 1 aliphatic rings. The molecule has 1 amide bonds. The van der Waals surface area contributed by atoms with E-state index in [1.165, 1.54) is 0 Å². The minimum absolute atomic E-state index is 0.0121. The predicted octanol–water partition coefficient (Wildman–Crippen LogP) is 4.57. The fraction of sp³-hybridized carbons (Fsp3) is 0.148. The van der Waals surface area contributed by atoms with E-state index in [1.807, 2.05) is 54.6 Å². The van der Waals surface area contributed by atoms with Crippen molar-refractivity contribution in [1.82, 2.24) is 10.3 Å². The molecule has 0 spiro atoms. The van der Waals surface area contributed by atoms with Gasteiger partial charge in [0.2, 0.25) is 0 Å². The van der Waals surface area contributed by atoms with E-state index in [-0.39, 0.29) is 18.9 Å². The van der Waals surface area contributed by atoms with Crippen molar-refractivity contribution in [2.75, 3.05) is 6.61 Å². The Labute approximate surface area is 195 Å². The van der Waals surface area contributed by atoms with Gasteiger partial charge in [0.05, 0.1) is 11.6 Å². The van der Waals surface area contributed by atoms with Gasteiger partial charge in [-0.15, -0.1) is 0 Å². The van der Waals surface area contributed by atoms with Crippen molar-refractivity contribution in [2.24, 2.45) is 0 Å². The van der Waals surface area contributed by atoms with Crippen molar-refractivity contribution in [2.45, 2.75) is 18.4 Å². The van der Waals surface area contributed by atoms with Crippen LogP contribution in [0.2, 0.25) is 0 Å². The van der Waals surface area contributed by atoms with Crippen LogP contribution in [0.15, 0.2) is 72.9 Å². The van der Waals surface area contributed by atoms with Crippen molar-refractivity contribution < 1.29 is 19.4 Å². The zero-order valence-corrected chi connectivity index (χ0v) is 18.1. The van der Waals surface area contributed by atoms with Gasteiger partial charge in [0.1, 0.15) is 12.6 Å². The lowest BCUT2D eigenvalue weighted by atomic mass is 9.98. The molecule has 168 valence electrons. The lowest BCUT2D eigenvalue weighted by Gasteiger charge is -2.17. The Kier molecular flexibility index (Phi) is 5.48. The SMILES string of the molecule is N#Cc1cccc2[nH]cc(C[C@H](NC(=O)OCC3c4ccccc4-c4ccccc43)C(=O)O)c12. The first-order valence-corrected chi connectivity index (χ1v) is 10.9. The number of fused-ring (bicyclic) bond motifs is 4. The number of nitrogens with one attached hydrogen (secondary N) is 2. The largest absolute Gasteiger partial charge is 0.480 e. The standard InChI is InChI=1S/C27H21N3O4/c28-13-16-6-5-11-23-25(16)17(14-29-23)12-24(26(31)32)30-27(33)34-15-22-20-9-3-1-7-18(20)19-8-2-4-10-21(19)22/h1-11,14,22,24,29H,12,15H2,(H,30,33)(H,31,32)/t24-/m0/s1. The number of hydrogen-bond acceptors (Lipinski definition) is 4. The summed E-state index contributed by atoms with van der Waals surface area (Å²) in [7, 11) is 0. The van der Waals surface area contributed by atoms with Crippen LogP contribution in [0, 0.1) is 11.3 Å². The molecule has 1 atom stereocenters. The van der Waals surface area contributed by atoms with E-state index >= 15 is 0 Å². The predicted molar refractivity (Wildman–Crippen MR) is 126 cm³/mol. The first-order chi connectivity index (χ1) is 16.6. The number of amides is 1. The summed E-state index contributed by atoms with van der Waals surface area (Å²) in [5, 5.41) is 22.3. The number of alkyl carbamates (subject to hydrolysis) is 1. The number of carboxylic acids is 1. The van der Waals surface area contributed by atoms with Crippen LogP contribution < -0.4 is 5.32 Å². The number of aliphatic carboxylic acids is 1. The number of nitrogens with zero attached hydrogens (tertiary/aromatic N) is 1. The Bertz CT molecular complexity index is 1400. The third kappa shape index (κ3) is 3.76. The van der Waals surface area contributed by atoms with E-state index in [4.69, 9.17) is 4.74 Å². The van der Waals surface area contributed by atoms with E-state index in [0.29, 0.717) is 16.5 Å². The minimum Gasteiger partial charge on any atom is -0.480 e. The van der Waals surface area contributed by atoms with Crippen molar-refractivity contribution in [3.8, 4) is 17.2 Å². The molecule has 0 fully saturated rings. The van der Waals surface area contributed by atoms with Crippen LogP contribution in [0.5, 0.6) is 0 Å². The normalized spacial score (nSPS) is 13.0. The van der Waals surface area contributed by atoms with Crippen molar-refractivity contribution in [3.63, 3.8) is 0 Å². The summed E-state index contributed by atoms with van der Waals surface area (Å²) in [6.45, 7) is 0.0951. The zero-order valence-electron chi connectivity index (χ0n) is 18.1. The number of benzene rings is 3. The van der Waals surface area contributed by atoms with Gasteiger partial charge in [-0.2, -0.15) is 5.26 Å². The third-order valence-corrected chi connectivity index (χ3v) is 6.27. The maximum Gasteiger partial charge on any atom is 0.407 e. The monoisotopic (exact) mass is 451 g/mol. The number of hydrogen-bond donors (Lipinski definition) is 3. The third-order valence-electron chi connectivity index (χ3n) is 6.27. The second-order valence-electron chi connectivity index (χ2n) is 8.22. The molecular formula is C27H21N3O4. The summed E-state index contributed by atoms with van der Waals surface area (Å²) in [4.78, 5) is 27.5. The van der Waals surface area contributed by atoms with Gasteiger partial charge < -0.3 is 20.1 Å². The van der Waals surface area contributed by atoms with Crippen LogP contribution in [0.3, 0.4) is 0 Å². The van der Waals surface area contributed by atoms with Crippen molar-refractivity contribution in [3.05, 3.63) is 95.2 Å². The van der Waals surface area contributed by atoms with Gasteiger partial charge in [0.25, 0.3) is 0 Å². The maximum absolute atomic E-state index is 12.6. The minimum atomic E-state index is -1.21. The summed E-state index contributed by atoms with van der Waals surface area (Å²) >= 11 is 0. The Morgan fingerprint density at radius 2 is 1.71 bits per heavy atom. The molecule has 0 unspecified atom stereocenters.